The highest BCUT2D eigenvalue weighted by Crippen LogP contribution is 2.20. The monoisotopic (exact) mass is 327 g/mol. The standard InChI is InChI=1S/C16H14ClN5O/c1-23-16-21-14(18-12-5-3-2-4-6-12)20-15(22-16)19-13-9-7-11(17)8-10-13/h2-10H,1H3,(H2,18,19,20,21,22). The third-order valence-corrected chi connectivity index (χ3v) is 3.18. The van der Waals surface area contributed by atoms with Crippen molar-refractivity contribution in [2.24, 2.45) is 0 Å². The maximum atomic E-state index is 5.88. The van der Waals surface area contributed by atoms with E-state index in [9.17, 15) is 0 Å². The molecule has 1 heterocycles. The van der Waals surface area contributed by atoms with E-state index in [0.717, 1.165) is 11.4 Å². The molecule has 0 aliphatic carbocycles. The van der Waals surface area contributed by atoms with Crippen LogP contribution in [0, 0.1) is 0 Å². The van der Waals surface area contributed by atoms with Crippen LogP contribution in [0.25, 0.3) is 0 Å². The third-order valence-electron chi connectivity index (χ3n) is 2.93. The molecule has 6 nitrogen and oxygen atoms in total. The van der Waals surface area contributed by atoms with Crippen LogP contribution in [-0.4, -0.2) is 22.1 Å². The summed E-state index contributed by atoms with van der Waals surface area (Å²) >= 11 is 5.88. The Kier molecular flexibility index (Phi) is 4.54. The van der Waals surface area contributed by atoms with E-state index in [-0.39, 0.29) is 6.01 Å². The number of nitrogens with one attached hydrogen (secondary N) is 2. The van der Waals surface area contributed by atoms with Gasteiger partial charge >= 0.3 is 6.01 Å². The normalized spacial score (nSPS) is 10.2. The van der Waals surface area contributed by atoms with Gasteiger partial charge in [0.15, 0.2) is 0 Å². The molecule has 0 saturated carbocycles. The molecule has 0 fully saturated rings. The van der Waals surface area contributed by atoms with Gasteiger partial charge in [0.1, 0.15) is 0 Å². The fourth-order valence-electron chi connectivity index (χ4n) is 1.87. The van der Waals surface area contributed by atoms with E-state index in [1.54, 1.807) is 12.1 Å². The molecular formula is C16H14ClN5O. The van der Waals surface area contributed by atoms with Crippen LogP contribution in [0.15, 0.2) is 54.6 Å². The van der Waals surface area contributed by atoms with E-state index >= 15 is 0 Å². The lowest BCUT2D eigenvalue weighted by Gasteiger charge is -2.09. The van der Waals surface area contributed by atoms with Gasteiger partial charge in [-0.1, -0.05) is 29.8 Å². The molecule has 0 radical (unpaired) electrons. The summed E-state index contributed by atoms with van der Waals surface area (Å²) in [7, 11) is 1.51. The second-order valence-electron chi connectivity index (χ2n) is 4.59. The van der Waals surface area contributed by atoms with Crippen LogP contribution in [0.5, 0.6) is 6.01 Å². The Morgan fingerprint density at radius 1 is 0.783 bits per heavy atom. The van der Waals surface area contributed by atoms with Crippen molar-refractivity contribution in [1.29, 1.82) is 0 Å². The average molecular weight is 328 g/mol. The first-order valence-corrected chi connectivity index (χ1v) is 7.25. The van der Waals surface area contributed by atoms with E-state index in [1.165, 1.54) is 7.11 Å². The van der Waals surface area contributed by atoms with Crippen LogP contribution in [-0.2, 0) is 0 Å². The van der Waals surface area contributed by atoms with Gasteiger partial charge in [-0.25, -0.2) is 0 Å². The van der Waals surface area contributed by atoms with Crippen LogP contribution >= 0.6 is 11.6 Å². The van der Waals surface area contributed by atoms with E-state index in [1.807, 2.05) is 42.5 Å². The molecule has 0 atom stereocenters. The summed E-state index contributed by atoms with van der Waals surface area (Å²) in [4.78, 5) is 12.7. The van der Waals surface area contributed by atoms with Crippen LogP contribution < -0.4 is 15.4 Å². The first-order valence-electron chi connectivity index (χ1n) is 6.88. The number of methoxy groups -OCH3 is 1. The molecule has 0 amide bonds. The third kappa shape index (κ3) is 4.08. The fraction of sp³-hybridized carbons (Fsp3) is 0.0625. The molecule has 0 aliphatic rings. The van der Waals surface area contributed by atoms with Crippen molar-refractivity contribution in [2.45, 2.75) is 0 Å². The van der Waals surface area contributed by atoms with Crippen molar-refractivity contribution in [3.8, 4) is 6.01 Å². The number of anilines is 4. The second kappa shape index (κ2) is 6.93. The number of ether oxygens (including phenoxy) is 1. The lowest BCUT2D eigenvalue weighted by molar-refractivity contribution is 0.380. The molecule has 2 N–H and O–H groups in total. The fourth-order valence-corrected chi connectivity index (χ4v) is 2.00. The van der Waals surface area contributed by atoms with Crippen molar-refractivity contribution in [3.63, 3.8) is 0 Å². The summed E-state index contributed by atoms with van der Waals surface area (Å²) in [5.41, 5.74) is 1.69. The summed E-state index contributed by atoms with van der Waals surface area (Å²) in [6.07, 6.45) is 0. The topological polar surface area (TPSA) is 72.0 Å². The molecule has 0 saturated heterocycles. The lowest BCUT2D eigenvalue weighted by Crippen LogP contribution is -2.05. The van der Waals surface area contributed by atoms with Crippen LogP contribution in [0.2, 0.25) is 5.02 Å². The largest absolute Gasteiger partial charge is 0.467 e. The van der Waals surface area contributed by atoms with E-state index in [4.69, 9.17) is 16.3 Å². The van der Waals surface area contributed by atoms with Crippen LogP contribution in [0.3, 0.4) is 0 Å². The van der Waals surface area contributed by atoms with Crippen LogP contribution in [0.1, 0.15) is 0 Å². The minimum atomic E-state index is 0.217. The highest BCUT2D eigenvalue weighted by atomic mass is 35.5. The van der Waals surface area contributed by atoms with Gasteiger partial charge in [0, 0.05) is 16.4 Å². The smallest absolute Gasteiger partial charge is 0.322 e. The Balaban J connectivity index is 1.85. The minimum Gasteiger partial charge on any atom is -0.467 e. The van der Waals surface area contributed by atoms with Gasteiger partial charge in [-0.05, 0) is 36.4 Å². The highest BCUT2D eigenvalue weighted by molar-refractivity contribution is 6.30. The number of benzene rings is 2. The summed E-state index contributed by atoms with van der Waals surface area (Å²) in [5, 5.41) is 6.86. The van der Waals surface area contributed by atoms with Crippen molar-refractivity contribution in [1.82, 2.24) is 15.0 Å². The molecule has 1 aromatic heterocycles. The molecule has 0 unspecified atom stereocenters. The number of para-hydroxylation sites is 1. The zero-order valence-corrected chi connectivity index (χ0v) is 13.1. The highest BCUT2D eigenvalue weighted by Gasteiger charge is 2.07. The maximum Gasteiger partial charge on any atom is 0.322 e. The maximum absolute atomic E-state index is 5.88. The summed E-state index contributed by atoms with van der Waals surface area (Å²) in [5.74, 6) is 0.761. The van der Waals surface area contributed by atoms with Gasteiger partial charge in [0.2, 0.25) is 11.9 Å². The Morgan fingerprint density at radius 3 is 1.91 bits per heavy atom. The molecular weight excluding hydrogens is 314 g/mol. The summed E-state index contributed by atoms with van der Waals surface area (Å²) < 4.78 is 5.13. The molecule has 23 heavy (non-hydrogen) atoms. The molecule has 7 heteroatoms. The van der Waals surface area contributed by atoms with E-state index in [2.05, 4.69) is 25.6 Å². The first kappa shape index (κ1) is 15.1. The van der Waals surface area contributed by atoms with Gasteiger partial charge in [-0.15, -0.1) is 0 Å². The average Bonchev–Trinajstić information content (AvgIpc) is 2.57. The van der Waals surface area contributed by atoms with Crippen molar-refractivity contribution >= 4 is 34.9 Å². The molecule has 0 bridgehead atoms. The molecule has 0 aliphatic heterocycles. The summed E-state index contributed by atoms with van der Waals surface area (Å²) in [6.45, 7) is 0. The quantitative estimate of drug-likeness (QED) is 0.737. The van der Waals surface area contributed by atoms with Crippen molar-refractivity contribution in [3.05, 3.63) is 59.6 Å². The van der Waals surface area contributed by atoms with Gasteiger partial charge in [-0.2, -0.15) is 15.0 Å². The van der Waals surface area contributed by atoms with Crippen molar-refractivity contribution < 1.29 is 4.74 Å². The van der Waals surface area contributed by atoms with Crippen molar-refractivity contribution in [2.75, 3.05) is 17.7 Å². The molecule has 116 valence electrons. The molecule has 3 rings (SSSR count). The Bertz CT molecular complexity index is 780. The number of halogens is 1. The zero-order chi connectivity index (χ0) is 16.1. The summed E-state index contributed by atoms with van der Waals surface area (Å²) in [6, 6.07) is 17.1. The number of aromatic nitrogens is 3. The minimum absolute atomic E-state index is 0.217. The molecule has 0 spiro atoms. The lowest BCUT2D eigenvalue weighted by atomic mass is 10.3. The SMILES string of the molecule is COc1nc(Nc2ccccc2)nc(Nc2ccc(Cl)cc2)n1. The number of hydrogen-bond acceptors (Lipinski definition) is 6. The Labute approximate surface area is 138 Å². The molecule has 2 aromatic carbocycles. The molecule has 3 aromatic rings. The number of rotatable bonds is 5. The van der Waals surface area contributed by atoms with Crippen LogP contribution in [0.4, 0.5) is 23.3 Å². The first-order chi connectivity index (χ1) is 11.2. The van der Waals surface area contributed by atoms with Gasteiger partial charge in [-0.3, -0.25) is 0 Å². The van der Waals surface area contributed by atoms with Gasteiger partial charge in [0.25, 0.3) is 0 Å². The second-order valence-corrected chi connectivity index (χ2v) is 5.03. The number of nitrogens with zero attached hydrogens (tertiary/aromatic N) is 3. The van der Waals surface area contributed by atoms with E-state index in [0.29, 0.717) is 16.9 Å². The predicted molar refractivity (Wildman–Crippen MR) is 90.8 cm³/mol. The predicted octanol–water partition coefficient (Wildman–Crippen LogP) is 4.02. The van der Waals surface area contributed by atoms with E-state index < -0.39 is 0 Å². The zero-order valence-electron chi connectivity index (χ0n) is 12.3. The Morgan fingerprint density at radius 2 is 1.35 bits per heavy atom. The van der Waals surface area contributed by atoms with Gasteiger partial charge < -0.3 is 15.4 Å². The van der Waals surface area contributed by atoms with Gasteiger partial charge in [0.05, 0.1) is 7.11 Å². The number of hydrogen-bond donors (Lipinski definition) is 2. The Hall–Kier alpha value is -2.86.